The minimum absolute atomic E-state index is 0.340. The van der Waals surface area contributed by atoms with Gasteiger partial charge < -0.3 is 5.11 Å². The van der Waals surface area contributed by atoms with Crippen molar-refractivity contribution in [1.82, 2.24) is 0 Å². The molecule has 0 aliphatic heterocycles. The van der Waals surface area contributed by atoms with E-state index >= 15 is 0 Å². The van der Waals surface area contributed by atoms with Crippen molar-refractivity contribution in [2.24, 2.45) is 17.8 Å². The van der Waals surface area contributed by atoms with Gasteiger partial charge in [0.25, 0.3) is 0 Å². The van der Waals surface area contributed by atoms with E-state index < -0.39 is 0 Å². The molecule has 0 saturated heterocycles. The molecule has 0 fully saturated rings. The van der Waals surface area contributed by atoms with Gasteiger partial charge in [-0.2, -0.15) is 0 Å². The predicted octanol–water partition coefficient (Wildman–Crippen LogP) is 2.69. The summed E-state index contributed by atoms with van der Waals surface area (Å²) in [4.78, 5) is 0. The first-order chi connectivity index (χ1) is 5.13. The van der Waals surface area contributed by atoms with Gasteiger partial charge in [-0.05, 0) is 24.2 Å². The quantitative estimate of drug-likeness (QED) is 0.652. The summed E-state index contributed by atoms with van der Waals surface area (Å²) in [5, 5.41) is 8.83. The monoisotopic (exact) mass is 158 g/mol. The fourth-order valence-electron chi connectivity index (χ4n) is 1.73. The second kappa shape index (κ2) is 5.59. The zero-order valence-electron chi connectivity index (χ0n) is 8.30. The van der Waals surface area contributed by atoms with Crippen LogP contribution in [0.25, 0.3) is 0 Å². The average Bonchev–Trinajstić information content (AvgIpc) is 1.98. The maximum absolute atomic E-state index is 8.83. The van der Waals surface area contributed by atoms with Crippen molar-refractivity contribution in [2.75, 3.05) is 6.61 Å². The molecule has 0 radical (unpaired) electrons. The minimum atomic E-state index is 0.340. The van der Waals surface area contributed by atoms with Crippen molar-refractivity contribution in [1.29, 1.82) is 0 Å². The van der Waals surface area contributed by atoms with Crippen LogP contribution in [-0.2, 0) is 0 Å². The Morgan fingerprint density at radius 1 is 1.18 bits per heavy atom. The standard InChI is InChI=1S/C10H22O/c1-5-9(4)10(6-7-11)8(2)3/h8-11H,5-7H2,1-4H3. The summed E-state index contributed by atoms with van der Waals surface area (Å²) in [5.41, 5.74) is 0. The number of hydrogen-bond acceptors (Lipinski definition) is 1. The summed E-state index contributed by atoms with van der Waals surface area (Å²) < 4.78 is 0. The topological polar surface area (TPSA) is 20.2 Å². The fourth-order valence-corrected chi connectivity index (χ4v) is 1.73. The smallest absolute Gasteiger partial charge is 0.0433 e. The number of aliphatic hydroxyl groups excluding tert-OH is 1. The lowest BCUT2D eigenvalue weighted by Crippen LogP contribution is -2.18. The Kier molecular flexibility index (Phi) is 5.57. The van der Waals surface area contributed by atoms with E-state index in [1.165, 1.54) is 6.42 Å². The van der Waals surface area contributed by atoms with Crippen LogP contribution in [0.1, 0.15) is 40.5 Å². The summed E-state index contributed by atoms with van der Waals surface area (Å²) >= 11 is 0. The molecule has 0 amide bonds. The first-order valence-corrected chi connectivity index (χ1v) is 4.74. The highest BCUT2D eigenvalue weighted by atomic mass is 16.3. The molecule has 0 spiro atoms. The molecule has 0 aromatic carbocycles. The van der Waals surface area contributed by atoms with Gasteiger partial charge in [-0.15, -0.1) is 0 Å². The van der Waals surface area contributed by atoms with E-state index in [0.29, 0.717) is 18.4 Å². The zero-order chi connectivity index (χ0) is 8.85. The maximum Gasteiger partial charge on any atom is 0.0433 e. The molecule has 0 aliphatic carbocycles. The van der Waals surface area contributed by atoms with Crippen LogP contribution in [0.2, 0.25) is 0 Å². The van der Waals surface area contributed by atoms with Gasteiger partial charge in [0.15, 0.2) is 0 Å². The molecule has 0 rings (SSSR count). The molecule has 0 heterocycles. The van der Waals surface area contributed by atoms with Crippen molar-refractivity contribution >= 4 is 0 Å². The highest BCUT2D eigenvalue weighted by molar-refractivity contribution is 4.68. The molecule has 2 unspecified atom stereocenters. The number of rotatable bonds is 5. The Morgan fingerprint density at radius 3 is 2.00 bits per heavy atom. The summed E-state index contributed by atoms with van der Waals surface area (Å²) in [6.07, 6.45) is 2.19. The number of hydrogen-bond donors (Lipinski definition) is 1. The van der Waals surface area contributed by atoms with E-state index in [9.17, 15) is 0 Å². The van der Waals surface area contributed by atoms with Crippen LogP contribution in [0, 0.1) is 17.8 Å². The molecule has 0 aliphatic rings. The molecular weight excluding hydrogens is 136 g/mol. The molecule has 1 N–H and O–H groups in total. The van der Waals surface area contributed by atoms with Crippen molar-refractivity contribution < 1.29 is 5.11 Å². The Hall–Kier alpha value is -0.0400. The lowest BCUT2D eigenvalue weighted by Gasteiger charge is -2.25. The van der Waals surface area contributed by atoms with Gasteiger partial charge >= 0.3 is 0 Å². The molecule has 0 bridgehead atoms. The maximum atomic E-state index is 8.83. The van der Waals surface area contributed by atoms with Gasteiger partial charge in [-0.3, -0.25) is 0 Å². The first-order valence-electron chi connectivity index (χ1n) is 4.74. The normalized spacial score (nSPS) is 16.9. The SMILES string of the molecule is CCC(C)C(CCO)C(C)C. The minimum Gasteiger partial charge on any atom is -0.396 e. The second-order valence-electron chi connectivity index (χ2n) is 3.81. The van der Waals surface area contributed by atoms with Crippen LogP contribution in [0.5, 0.6) is 0 Å². The van der Waals surface area contributed by atoms with Gasteiger partial charge in [0.2, 0.25) is 0 Å². The summed E-state index contributed by atoms with van der Waals surface area (Å²) in [6, 6.07) is 0. The van der Waals surface area contributed by atoms with Crippen LogP contribution >= 0.6 is 0 Å². The molecule has 2 atom stereocenters. The summed E-state index contributed by atoms with van der Waals surface area (Å²) in [7, 11) is 0. The van der Waals surface area contributed by atoms with Gasteiger partial charge in [-0.1, -0.05) is 34.1 Å². The van der Waals surface area contributed by atoms with Gasteiger partial charge in [0, 0.05) is 6.61 Å². The average molecular weight is 158 g/mol. The summed E-state index contributed by atoms with van der Waals surface area (Å²) in [5.74, 6) is 2.16. The van der Waals surface area contributed by atoms with E-state index in [1.807, 2.05) is 0 Å². The van der Waals surface area contributed by atoms with Crippen LogP contribution in [0.15, 0.2) is 0 Å². The van der Waals surface area contributed by atoms with Crippen molar-refractivity contribution in [3.05, 3.63) is 0 Å². The highest BCUT2D eigenvalue weighted by Gasteiger charge is 2.18. The fraction of sp³-hybridized carbons (Fsp3) is 1.00. The van der Waals surface area contributed by atoms with E-state index in [0.717, 1.165) is 12.3 Å². The van der Waals surface area contributed by atoms with E-state index in [1.54, 1.807) is 0 Å². The van der Waals surface area contributed by atoms with Crippen molar-refractivity contribution in [2.45, 2.75) is 40.5 Å². The molecule has 1 nitrogen and oxygen atoms in total. The zero-order valence-corrected chi connectivity index (χ0v) is 8.30. The molecule has 0 saturated carbocycles. The molecule has 1 heteroatoms. The second-order valence-corrected chi connectivity index (χ2v) is 3.81. The largest absolute Gasteiger partial charge is 0.396 e. The third-order valence-electron chi connectivity index (χ3n) is 2.69. The van der Waals surface area contributed by atoms with Crippen LogP contribution in [-0.4, -0.2) is 11.7 Å². The van der Waals surface area contributed by atoms with E-state index in [4.69, 9.17) is 5.11 Å². The molecule has 68 valence electrons. The third kappa shape index (κ3) is 3.76. The van der Waals surface area contributed by atoms with Crippen molar-refractivity contribution in [3.63, 3.8) is 0 Å². The van der Waals surface area contributed by atoms with E-state index in [-0.39, 0.29) is 0 Å². The predicted molar refractivity (Wildman–Crippen MR) is 49.5 cm³/mol. The van der Waals surface area contributed by atoms with Gasteiger partial charge in [0.05, 0.1) is 0 Å². The van der Waals surface area contributed by atoms with Gasteiger partial charge in [0.1, 0.15) is 0 Å². The third-order valence-corrected chi connectivity index (χ3v) is 2.69. The Morgan fingerprint density at radius 2 is 1.73 bits per heavy atom. The Balaban J connectivity index is 3.87. The van der Waals surface area contributed by atoms with Crippen LogP contribution in [0.3, 0.4) is 0 Å². The van der Waals surface area contributed by atoms with Crippen LogP contribution in [0.4, 0.5) is 0 Å². The molecular formula is C10H22O. The highest BCUT2D eigenvalue weighted by Crippen LogP contribution is 2.25. The molecule has 0 aromatic rings. The Labute approximate surface area is 70.8 Å². The lowest BCUT2D eigenvalue weighted by atomic mass is 9.81. The lowest BCUT2D eigenvalue weighted by molar-refractivity contribution is 0.184. The Bertz CT molecular complexity index is 88.9. The van der Waals surface area contributed by atoms with Crippen LogP contribution < -0.4 is 0 Å². The van der Waals surface area contributed by atoms with Crippen molar-refractivity contribution in [3.8, 4) is 0 Å². The summed E-state index contributed by atoms with van der Waals surface area (Å²) in [6.45, 7) is 9.32. The molecule has 11 heavy (non-hydrogen) atoms. The number of aliphatic hydroxyl groups is 1. The first kappa shape index (κ1) is 11.0. The van der Waals surface area contributed by atoms with E-state index in [2.05, 4.69) is 27.7 Å². The molecule has 0 aromatic heterocycles. The van der Waals surface area contributed by atoms with Gasteiger partial charge in [-0.25, -0.2) is 0 Å².